The number of halogens is 2. The average molecular weight is 442 g/mol. The third-order valence-electron chi connectivity index (χ3n) is 4.71. The molecule has 0 saturated carbocycles. The largest absolute Gasteiger partial charge is 0.373 e. The summed E-state index contributed by atoms with van der Waals surface area (Å²) in [4.78, 5) is 4.56. The maximum absolute atomic E-state index is 9.08. The van der Waals surface area contributed by atoms with Gasteiger partial charge < -0.3 is 15.6 Å². The van der Waals surface area contributed by atoms with Crippen molar-refractivity contribution in [2.45, 2.75) is 12.5 Å². The minimum atomic E-state index is -0.249. The van der Waals surface area contributed by atoms with Crippen LogP contribution < -0.4 is 11.1 Å². The van der Waals surface area contributed by atoms with Crippen molar-refractivity contribution in [2.24, 2.45) is 5.73 Å². The molecule has 0 unspecified atom stereocenters. The summed E-state index contributed by atoms with van der Waals surface area (Å²) >= 11 is 0. The molecule has 1 atom stereocenters. The Labute approximate surface area is 186 Å². The second kappa shape index (κ2) is 10.1. The number of nitriles is 1. The van der Waals surface area contributed by atoms with E-state index >= 15 is 0 Å². The Morgan fingerprint density at radius 2 is 1.90 bits per heavy atom. The lowest BCUT2D eigenvalue weighted by Crippen LogP contribution is -2.15. The first kappa shape index (κ1) is 23.2. The summed E-state index contributed by atoms with van der Waals surface area (Å²) < 4.78 is 5.47. The smallest absolute Gasteiger partial charge is 0.168 e. The van der Waals surface area contributed by atoms with Crippen LogP contribution in [0.2, 0.25) is 0 Å². The second-order valence-corrected chi connectivity index (χ2v) is 6.52. The number of rotatable bonds is 5. The number of nitrogens with one attached hydrogen (secondary N) is 1. The van der Waals surface area contributed by atoms with E-state index in [2.05, 4.69) is 21.5 Å². The van der Waals surface area contributed by atoms with Gasteiger partial charge in [-0.15, -0.1) is 24.8 Å². The molecular weight excluding hydrogens is 421 g/mol. The highest BCUT2D eigenvalue weighted by atomic mass is 35.5. The van der Waals surface area contributed by atoms with Crippen LogP contribution in [0, 0.1) is 11.3 Å². The van der Waals surface area contributed by atoms with Crippen LogP contribution in [0.25, 0.3) is 22.2 Å². The molecule has 0 bridgehead atoms. The van der Waals surface area contributed by atoms with Crippen molar-refractivity contribution in [3.63, 3.8) is 0 Å². The zero-order chi connectivity index (χ0) is 19.5. The van der Waals surface area contributed by atoms with E-state index in [1.807, 2.05) is 55.6 Å². The fourth-order valence-electron chi connectivity index (χ4n) is 3.31. The van der Waals surface area contributed by atoms with Crippen molar-refractivity contribution in [1.29, 1.82) is 5.26 Å². The molecule has 0 aliphatic heterocycles. The zero-order valence-corrected chi connectivity index (χ0v) is 17.8. The molecule has 2 aromatic carbocycles. The van der Waals surface area contributed by atoms with Crippen LogP contribution in [0.4, 0.5) is 5.82 Å². The summed E-state index contributed by atoms with van der Waals surface area (Å²) in [7, 11) is 1.84. The number of benzene rings is 2. The van der Waals surface area contributed by atoms with E-state index in [1.165, 1.54) is 0 Å². The first-order chi connectivity index (χ1) is 13.7. The lowest BCUT2D eigenvalue weighted by molar-refractivity contribution is 0.459. The molecule has 4 aromatic rings. The molecule has 2 heterocycles. The summed E-state index contributed by atoms with van der Waals surface area (Å²) in [6, 6.07) is 20.9. The summed E-state index contributed by atoms with van der Waals surface area (Å²) in [6.07, 6.45) is 0.598. The Balaban J connectivity index is 0.00000160. The maximum Gasteiger partial charge on any atom is 0.168 e. The number of fused-ring (bicyclic) bond motifs is 1. The highest BCUT2D eigenvalue weighted by molar-refractivity contribution is 5.93. The van der Waals surface area contributed by atoms with Crippen LogP contribution in [-0.4, -0.2) is 17.2 Å². The molecule has 2 aromatic heterocycles. The number of nitrogens with zero attached hydrogens (tertiary/aromatic N) is 3. The SMILES string of the molecule is CNc1cccc(C[C@H](N)c2ccccc2-c2noc3cc(C#N)ccc23)n1.Cl.Cl. The van der Waals surface area contributed by atoms with E-state index in [0.29, 0.717) is 17.6 Å². The van der Waals surface area contributed by atoms with Crippen LogP contribution in [0.15, 0.2) is 65.2 Å². The molecule has 0 aliphatic rings. The van der Waals surface area contributed by atoms with Crippen LogP contribution in [-0.2, 0) is 6.42 Å². The zero-order valence-electron chi connectivity index (χ0n) is 16.2. The minimum absolute atomic E-state index is 0. The molecule has 0 spiro atoms. The number of hydrogen-bond acceptors (Lipinski definition) is 6. The van der Waals surface area contributed by atoms with Gasteiger partial charge in [0.2, 0.25) is 0 Å². The lowest BCUT2D eigenvalue weighted by atomic mass is 9.94. The van der Waals surface area contributed by atoms with E-state index in [4.69, 9.17) is 15.5 Å². The summed E-state index contributed by atoms with van der Waals surface area (Å²) in [6.45, 7) is 0. The van der Waals surface area contributed by atoms with Gasteiger partial charge in [-0.1, -0.05) is 35.5 Å². The number of anilines is 1. The van der Waals surface area contributed by atoms with Gasteiger partial charge in [-0.2, -0.15) is 5.26 Å². The number of nitrogens with two attached hydrogens (primary N) is 1. The Hall–Kier alpha value is -3.11. The lowest BCUT2D eigenvalue weighted by Gasteiger charge is -2.16. The van der Waals surface area contributed by atoms with Crippen molar-refractivity contribution < 1.29 is 4.52 Å². The summed E-state index contributed by atoms with van der Waals surface area (Å²) in [5, 5.41) is 17.2. The summed E-state index contributed by atoms with van der Waals surface area (Å²) in [5.74, 6) is 0.814. The van der Waals surface area contributed by atoms with Gasteiger partial charge in [-0.05, 0) is 29.8 Å². The Kier molecular flexibility index (Phi) is 7.79. The van der Waals surface area contributed by atoms with Crippen molar-refractivity contribution in [3.8, 4) is 17.3 Å². The monoisotopic (exact) mass is 441 g/mol. The predicted octanol–water partition coefficient (Wildman–Crippen LogP) is 4.89. The molecule has 0 fully saturated rings. The van der Waals surface area contributed by atoms with Crippen molar-refractivity contribution >= 4 is 41.6 Å². The van der Waals surface area contributed by atoms with Crippen molar-refractivity contribution in [3.05, 3.63) is 77.5 Å². The maximum atomic E-state index is 9.08. The van der Waals surface area contributed by atoms with E-state index in [-0.39, 0.29) is 30.9 Å². The van der Waals surface area contributed by atoms with E-state index in [9.17, 15) is 0 Å². The molecule has 0 aliphatic carbocycles. The third-order valence-corrected chi connectivity index (χ3v) is 4.71. The topological polar surface area (TPSA) is 101 Å². The molecule has 4 rings (SSSR count). The minimum Gasteiger partial charge on any atom is -0.373 e. The first-order valence-electron chi connectivity index (χ1n) is 8.97. The second-order valence-electron chi connectivity index (χ2n) is 6.52. The van der Waals surface area contributed by atoms with E-state index < -0.39 is 0 Å². The molecule has 0 saturated heterocycles. The van der Waals surface area contributed by atoms with Gasteiger partial charge in [0.15, 0.2) is 5.58 Å². The molecule has 30 heavy (non-hydrogen) atoms. The van der Waals surface area contributed by atoms with Crippen molar-refractivity contribution in [2.75, 3.05) is 12.4 Å². The Morgan fingerprint density at radius 1 is 1.10 bits per heavy atom. The number of hydrogen-bond donors (Lipinski definition) is 2. The molecule has 0 radical (unpaired) electrons. The van der Waals surface area contributed by atoms with Crippen molar-refractivity contribution in [1.82, 2.24) is 10.1 Å². The van der Waals surface area contributed by atoms with E-state index in [1.54, 1.807) is 12.1 Å². The van der Waals surface area contributed by atoms with Gasteiger partial charge in [0, 0.05) is 42.2 Å². The first-order valence-corrected chi connectivity index (χ1v) is 8.97. The van der Waals surface area contributed by atoms with Crippen LogP contribution in [0.3, 0.4) is 0 Å². The molecule has 154 valence electrons. The van der Waals surface area contributed by atoms with Gasteiger partial charge >= 0.3 is 0 Å². The van der Waals surface area contributed by atoms with Crippen LogP contribution >= 0.6 is 24.8 Å². The molecule has 6 nitrogen and oxygen atoms in total. The molecule has 3 N–H and O–H groups in total. The quantitative estimate of drug-likeness (QED) is 0.457. The highest BCUT2D eigenvalue weighted by Gasteiger charge is 2.18. The Bertz CT molecular complexity index is 1190. The fraction of sp³-hybridized carbons (Fsp3) is 0.136. The highest BCUT2D eigenvalue weighted by Crippen LogP contribution is 2.33. The summed E-state index contributed by atoms with van der Waals surface area (Å²) in [5.41, 5.74) is 11.2. The average Bonchev–Trinajstić information content (AvgIpc) is 3.16. The molecular formula is C22H21Cl2N5O. The van der Waals surface area contributed by atoms with Gasteiger partial charge in [-0.25, -0.2) is 4.98 Å². The third kappa shape index (κ3) is 4.55. The van der Waals surface area contributed by atoms with Gasteiger partial charge in [-0.3, -0.25) is 0 Å². The Morgan fingerprint density at radius 3 is 2.67 bits per heavy atom. The van der Waals surface area contributed by atoms with Gasteiger partial charge in [0.1, 0.15) is 11.5 Å². The van der Waals surface area contributed by atoms with E-state index in [0.717, 1.165) is 33.7 Å². The number of aromatic nitrogens is 2. The van der Waals surface area contributed by atoms with Crippen LogP contribution in [0.5, 0.6) is 0 Å². The standard InChI is InChI=1S/C22H19N5O.2ClH/c1-25-21-8-4-5-15(26-21)12-19(24)16-6-2-3-7-17(16)22-18-10-9-14(13-23)11-20(18)28-27-22;;/h2-11,19H,12,24H2,1H3,(H,25,26);2*1H/t19-;;/m0../s1. The van der Waals surface area contributed by atoms with Gasteiger partial charge in [0.05, 0.1) is 11.6 Å². The predicted molar refractivity (Wildman–Crippen MR) is 123 cm³/mol. The molecule has 8 heteroatoms. The van der Waals surface area contributed by atoms with Crippen LogP contribution in [0.1, 0.15) is 22.9 Å². The molecule has 0 amide bonds. The fourth-order valence-corrected chi connectivity index (χ4v) is 3.31. The normalized spacial score (nSPS) is 11.1. The number of pyridine rings is 1. The van der Waals surface area contributed by atoms with Gasteiger partial charge in [0.25, 0.3) is 0 Å².